The molecule has 2 amide bonds. The number of nitrogens with one attached hydrogen (secondary N) is 1. The van der Waals surface area contributed by atoms with Gasteiger partial charge in [-0.15, -0.1) is 0 Å². The van der Waals surface area contributed by atoms with E-state index in [-0.39, 0.29) is 17.5 Å². The van der Waals surface area contributed by atoms with Crippen molar-refractivity contribution in [3.8, 4) is 0 Å². The van der Waals surface area contributed by atoms with Gasteiger partial charge in [0.15, 0.2) is 0 Å². The van der Waals surface area contributed by atoms with Crippen LogP contribution >= 0.6 is 0 Å². The number of piperazine rings is 1. The van der Waals surface area contributed by atoms with Crippen LogP contribution in [0.2, 0.25) is 0 Å². The van der Waals surface area contributed by atoms with Crippen molar-refractivity contribution in [1.82, 2.24) is 15.1 Å². The lowest BCUT2D eigenvalue weighted by atomic mass is 10.1. The highest BCUT2D eigenvalue weighted by atomic mass is 16.3. The second-order valence-electron chi connectivity index (χ2n) is 8.38. The Hall–Kier alpha value is -3.64. The van der Waals surface area contributed by atoms with Crippen molar-refractivity contribution in [2.45, 2.75) is 20.4 Å². The van der Waals surface area contributed by atoms with Crippen LogP contribution in [0.4, 0.5) is 0 Å². The Morgan fingerprint density at radius 3 is 2.36 bits per heavy atom. The summed E-state index contributed by atoms with van der Waals surface area (Å²) in [5.41, 5.74) is 4.13. The molecule has 2 aromatic carbocycles. The number of amides is 2. The van der Waals surface area contributed by atoms with Crippen molar-refractivity contribution in [2.24, 2.45) is 0 Å². The van der Waals surface area contributed by atoms with Crippen LogP contribution in [-0.2, 0) is 11.3 Å². The standard InChI is InChI=1S/C27H29N3O3/c1-20-10-11-23(17-21(20)2)26(31)28-25(18-24-9-6-16-33-24)27(32)30-14-12-29(13-15-30)19-22-7-4-3-5-8-22/h3-11,16-18H,12-15,19H2,1-2H3,(H,28,31)/b25-18-. The predicted molar refractivity (Wildman–Crippen MR) is 128 cm³/mol. The first-order valence-electron chi connectivity index (χ1n) is 11.2. The predicted octanol–water partition coefficient (Wildman–Crippen LogP) is 4.01. The number of furan rings is 1. The molecule has 1 saturated heterocycles. The lowest BCUT2D eigenvalue weighted by molar-refractivity contribution is -0.129. The maximum absolute atomic E-state index is 13.4. The van der Waals surface area contributed by atoms with Crippen LogP contribution < -0.4 is 5.32 Å². The average molecular weight is 444 g/mol. The molecule has 6 heteroatoms. The SMILES string of the molecule is Cc1ccc(C(=O)N/C(=C\c2ccco2)C(=O)N2CCN(Cc3ccccc3)CC2)cc1C. The van der Waals surface area contributed by atoms with E-state index in [4.69, 9.17) is 4.42 Å². The zero-order valence-electron chi connectivity index (χ0n) is 19.1. The molecule has 1 N–H and O–H groups in total. The van der Waals surface area contributed by atoms with Gasteiger partial charge in [0, 0.05) is 44.4 Å². The molecule has 33 heavy (non-hydrogen) atoms. The highest BCUT2D eigenvalue weighted by Crippen LogP contribution is 2.15. The maximum Gasteiger partial charge on any atom is 0.270 e. The molecule has 0 spiro atoms. The zero-order valence-corrected chi connectivity index (χ0v) is 19.1. The Bertz CT molecular complexity index is 1130. The zero-order chi connectivity index (χ0) is 23.2. The number of rotatable bonds is 6. The summed E-state index contributed by atoms with van der Waals surface area (Å²) >= 11 is 0. The molecule has 0 radical (unpaired) electrons. The van der Waals surface area contributed by atoms with Crippen LogP contribution in [0.5, 0.6) is 0 Å². The Morgan fingerprint density at radius 2 is 1.70 bits per heavy atom. The van der Waals surface area contributed by atoms with E-state index in [9.17, 15) is 9.59 Å². The van der Waals surface area contributed by atoms with Gasteiger partial charge in [0.1, 0.15) is 11.5 Å². The van der Waals surface area contributed by atoms with E-state index in [1.807, 2.05) is 44.2 Å². The number of hydrogen-bond acceptors (Lipinski definition) is 4. The summed E-state index contributed by atoms with van der Waals surface area (Å²) in [6, 6.07) is 19.4. The quantitative estimate of drug-likeness (QED) is 0.585. The minimum atomic E-state index is -0.313. The summed E-state index contributed by atoms with van der Waals surface area (Å²) in [4.78, 5) is 30.4. The van der Waals surface area contributed by atoms with E-state index in [0.29, 0.717) is 24.4 Å². The van der Waals surface area contributed by atoms with E-state index in [1.54, 1.807) is 35.4 Å². The summed E-state index contributed by atoms with van der Waals surface area (Å²) in [6.45, 7) is 7.58. The van der Waals surface area contributed by atoms with Gasteiger partial charge in [0.25, 0.3) is 11.8 Å². The Morgan fingerprint density at radius 1 is 0.939 bits per heavy atom. The number of carbonyl (C=O) groups is 2. The Balaban J connectivity index is 1.45. The molecule has 170 valence electrons. The maximum atomic E-state index is 13.4. The van der Waals surface area contributed by atoms with E-state index in [0.717, 1.165) is 30.8 Å². The molecule has 3 aromatic rings. The van der Waals surface area contributed by atoms with Gasteiger partial charge in [-0.3, -0.25) is 14.5 Å². The van der Waals surface area contributed by atoms with Gasteiger partial charge in [0.05, 0.1) is 6.26 Å². The summed E-state index contributed by atoms with van der Waals surface area (Å²) in [5, 5.41) is 2.82. The van der Waals surface area contributed by atoms with Crippen LogP contribution in [0.15, 0.2) is 77.0 Å². The van der Waals surface area contributed by atoms with Gasteiger partial charge in [-0.2, -0.15) is 0 Å². The first-order chi connectivity index (χ1) is 16.0. The van der Waals surface area contributed by atoms with Crippen molar-refractivity contribution in [3.05, 3.63) is 101 Å². The summed E-state index contributed by atoms with van der Waals surface area (Å²) in [6.07, 6.45) is 3.14. The molecule has 0 aliphatic carbocycles. The van der Waals surface area contributed by atoms with Crippen molar-refractivity contribution in [2.75, 3.05) is 26.2 Å². The highest BCUT2D eigenvalue weighted by molar-refractivity contribution is 6.05. The van der Waals surface area contributed by atoms with Gasteiger partial charge >= 0.3 is 0 Å². The van der Waals surface area contributed by atoms with Crippen LogP contribution in [0.1, 0.15) is 32.8 Å². The topological polar surface area (TPSA) is 65.8 Å². The van der Waals surface area contributed by atoms with E-state index >= 15 is 0 Å². The first-order valence-corrected chi connectivity index (χ1v) is 11.2. The monoisotopic (exact) mass is 443 g/mol. The van der Waals surface area contributed by atoms with Gasteiger partial charge in [-0.1, -0.05) is 36.4 Å². The molecular formula is C27H29N3O3. The Kier molecular flexibility index (Phi) is 7.05. The third kappa shape index (κ3) is 5.79. The second kappa shape index (κ2) is 10.3. The van der Waals surface area contributed by atoms with Crippen LogP contribution in [0.3, 0.4) is 0 Å². The number of aryl methyl sites for hydroxylation is 2. The summed E-state index contributed by atoms with van der Waals surface area (Å²) in [5.74, 6) is -0.00337. The molecule has 1 aliphatic heterocycles. The molecule has 2 heterocycles. The van der Waals surface area contributed by atoms with Crippen molar-refractivity contribution in [1.29, 1.82) is 0 Å². The average Bonchev–Trinajstić information content (AvgIpc) is 3.34. The van der Waals surface area contributed by atoms with Crippen LogP contribution in [-0.4, -0.2) is 47.8 Å². The van der Waals surface area contributed by atoms with E-state index in [2.05, 4.69) is 22.3 Å². The third-order valence-electron chi connectivity index (χ3n) is 5.99. The van der Waals surface area contributed by atoms with Crippen LogP contribution in [0, 0.1) is 13.8 Å². The molecule has 6 nitrogen and oxygen atoms in total. The third-order valence-corrected chi connectivity index (χ3v) is 5.99. The van der Waals surface area contributed by atoms with Gasteiger partial charge in [0.2, 0.25) is 0 Å². The molecule has 0 saturated carbocycles. The fraction of sp³-hybridized carbons (Fsp3) is 0.259. The lowest BCUT2D eigenvalue weighted by Gasteiger charge is -2.35. The fourth-order valence-corrected chi connectivity index (χ4v) is 3.87. The number of benzene rings is 2. The van der Waals surface area contributed by atoms with Crippen molar-refractivity contribution >= 4 is 17.9 Å². The van der Waals surface area contributed by atoms with Crippen LogP contribution in [0.25, 0.3) is 6.08 Å². The van der Waals surface area contributed by atoms with Crippen molar-refractivity contribution in [3.63, 3.8) is 0 Å². The van der Waals surface area contributed by atoms with Gasteiger partial charge in [-0.25, -0.2) is 0 Å². The van der Waals surface area contributed by atoms with E-state index < -0.39 is 0 Å². The molecule has 1 aromatic heterocycles. The van der Waals surface area contributed by atoms with Gasteiger partial charge < -0.3 is 14.6 Å². The second-order valence-corrected chi connectivity index (χ2v) is 8.38. The highest BCUT2D eigenvalue weighted by Gasteiger charge is 2.25. The number of nitrogens with zero attached hydrogens (tertiary/aromatic N) is 2. The molecule has 1 fully saturated rings. The molecule has 0 atom stereocenters. The molecular weight excluding hydrogens is 414 g/mol. The number of hydrogen-bond donors (Lipinski definition) is 1. The summed E-state index contributed by atoms with van der Waals surface area (Å²) < 4.78 is 5.40. The largest absolute Gasteiger partial charge is 0.465 e. The Labute approximate surface area is 194 Å². The lowest BCUT2D eigenvalue weighted by Crippen LogP contribution is -2.50. The minimum Gasteiger partial charge on any atom is -0.465 e. The normalized spacial score (nSPS) is 14.8. The minimum absolute atomic E-state index is 0.206. The molecule has 0 unspecified atom stereocenters. The number of carbonyl (C=O) groups excluding carboxylic acids is 2. The van der Waals surface area contributed by atoms with E-state index in [1.165, 1.54) is 5.56 Å². The fourth-order valence-electron chi connectivity index (χ4n) is 3.87. The molecule has 1 aliphatic rings. The first kappa shape index (κ1) is 22.6. The van der Waals surface area contributed by atoms with Crippen molar-refractivity contribution < 1.29 is 14.0 Å². The molecule has 0 bridgehead atoms. The summed E-state index contributed by atoms with van der Waals surface area (Å²) in [7, 11) is 0. The van der Waals surface area contributed by atoms with Gasteiger partial charge in [-0.05, 0) is 54.8 Å². The smallest absolute Gasteiger partial charge is 0.270 e. The molecule has 4 rings (SSSR count).